The Bertz CT molecular complexity index is 951. The number of hydrogen-bond donors (Lipinski definition) is 1. The number of rotatable bonds is 9. The molecule has 0 saturated heterocycles. The fourth-order valence-electron chi connectivity index (χ4n) is 3.91. The van der Waals surface area contributed by atoms with E-state index in [1.807, 2.05) is 6.92 Å². The van der Waals surface area contributed by atoms with E-state index in [0.29, 0.717) is 16.5 Å². The van der Waals surface area contributed by atoms with Crippen molar-refractivity contribution in [3.8, 4) is 5.75 Å². The van der Waals surface area contributed by atoms with E-state index in [0.717, 1.165) is 31.2 Å². The summed E-state index contributed by atoms with van der Waals surface area (Å²) in [5.74, 6) is -1.19. The number of amides is 2. The maximum Gasteiger partial charge on any atom is 0.261 e. The lowest BCUT2D eigenvalue weighted by molar-refractivity contribution is -0.143. The second-order valence-corrected chi connectivity index (χ2v) is 8.72. The molecule has 2 amide bonds. The van der Waals surface area contributed by atoms with Crippen molar-refractivity contribution in [2.45, 2.75) is 57.7 Å². The third-order valence-corrected chi connectivity index (χ3v) is 6.35. The lowest BCUT2D eigenvalue weighted by Gasteiger charge is -2.31. The van der Waals surface area contributed by atoms with Crippen molar-refractivity contribution in [3.63, 3.8) is 0 Å². The highest BCUT2D eigenvalue weighted by Crippen LogP contribution is 2.25. The minimum absolute atomic E-state index is 0.0150. The lowest BCUT2D eigenvalue weighted by Crippen LogP contribution is -2.52. The van der Waals surface area contributed by atoms with Gasteiger partial charge < -0.3 is 15.0 Å². The third kappa shape index (κ3) is 6.36. The van der Waals surface area contributed by atoms with Crippen LogP contribution in [0.2, 0.25) is 10.0 Å². The molecule has 5 nitrogen and oxygen atoms in total. The number of ether oxygens (including phenoxy) is 1. The molecule has 1 N–H and O–H groups in total. The summed E-state index contributed by atoms with van der Waals surface area (Å²) in [6.45, 7) is 1.61. The van der Waals surface area contributed by atoms with Gasteiger partial charge >= 0.3 is 0 Å². The molecule has 0 aliphatic heterocycles. The Labute approximate surface area is 197 Å². The number of halogens is 3. The zero-order chi connectivity index (χ0) is 23.1. The Morgan fingerprint density at radius 1 is 1.16 bits per heavy atom. The minimum Gasteiger partial charge on any atom is -0.481 e. The Morgan fingerprint density at radius 3 is 2.53 bits per heavy atom. The SMILES string of the molecule is CCC(C(=O)NC1CCCC1)N(Cc1ccc(Cl)c(Cl)c1)C(=O)COc1ccccc1F. The molecule has 0 heterocycles. The summed E-state index contributed by atoms with van der Waals surface area (Å²) < 4.78 is 19.3. The number of carbonyl (C=O) groups is 2. The van der Waals surface area contributed by atoms with Crippen LogP contribution in [0.1, 0.15) is 44.6 Å². The van der Waals surface area contributed by atoms with Gasteiger partial charge in [-0.15, -0.1) is 0 Å². The first-order valence-electron chi connectivity index (χ1n) is 10.8. The van der Waals surface area contributed by atoms with E-state index in [9.17, 15) is 14.0 Å². The molecule has 2 aromatic rings. The highest BCUT2D eigenvalue weighted by molar-refractivity contribution is 6.42. The summed E-state index contributed by atoms with van der Waals surface area (Å²) in [4.78, 5) is 27.7. The standard InChI is InChI=1S/C24H27Cl2FN2O3/c1-2-21(24(31)28-17-7-3-4-8-17)29(14-16-11-12-18(25)19(26)13-16)23(30)15-32-22-10-6-5-9-20(22)27/h5-6,9-13,17,21H,2-4,7-8,14-15H2,1H3,(H,28,31). The summed E-state index contributed by atoms with van der Waals surface area (Å²) in [7, 11) is 0. The molecular formula is C24H27Cl2FN2O3. The van der Waals surface area contributed by atoms with Gasteiger partial charge in [0.25, 0.3) is 5.91 Å². The molecule has 2 aromatic carbocycles. The van der Waals surface area contributed by atoms with Crippen LogP contribution in [0.15, 0.2) is 42.5 Å². The number of hydrogen-bond acceptors (Lipinski definition) is 3. The van der Waals surface area contributed by atoms with E-state index < -0.39 is 24.4 Å². The van der Waals surface area contributed by atoms with Gasteiger partial charge in [-0.3, -0.25) is 9.59 Å². The van der Waals surface area contributed by atoms with Gasteiger partial charge in [-0.1, -0.05) is 61.2 Å². The fraction of sp³-hybridized carbons (Fsp3) is 0.417. The van der Waals surface area contributed by atoms with Gasteiger partial charge in [0.1, 0.15) is 6.04 Å². The van der Waals surface area contributed by atoms with E-state index >= 15 is 0 Å². The maximum atomic E-state index is 13.9. The average Bonchev–Trinajstić information content (AvgIpc) is 3.28. The van der Waals surface area contributed by atoms with Crippen LogP contribution in [0.25, 0.3) is 0 Å². The maximum absolute atomic E-state index is 13.9. The third-order valence-electron chi connectivity index (χ3n) is 5.61. The fourth-order valence-corrected chi connectivity index (χ4v) is 4.23. The molecule has 1 saturated carbocycles. The normalized spacial score (nSPS) is 14.8. The summed E-state index contributed by atoms with van der Waals surface area (Å²) in [6.07, 6.45) is 4.48. The smallest absolute Gasteiger partial charge is 0.261 e. The molecule has 0 bridgehead atoms. The number of carbonyl (C=O) groups excluding carboxylic acids is 2. The monoisotopic (exact) mass is 480 g/mol. The van der Waals surface area contributed by atoms with Gasteiger partial charge in [0.2, 0.25) is 5.91 Å². The highest BCUT2D eigenvalue weighted by Gasteiger charge is 2.31. The van der Waals surface area contributed by atoms with Crippen molar-refractivity contribution in [1.82, 2.24) is 10.2 Å². The van der Waals surface area contributed by atoms with Crippen LogP contribution in [0.3, 0.4) is 0 Å². The van der Waals surface area contributed by atoms with Crippen molar-refractivity contribution in [1.29, 1.82) is 0 Å². The van der Waals surface area contributed by atoms with Crippen LogP contribution in [-0.4, -0.2) is 35.4 Å². The van der Waals surface area contributed by atoms with Crippen molar-refractivity contribution in [2.75, 3.05) is 6.61 Å². The molecule has 0 aromatic heterocycles. The molecular weight excluding hydrogens is 454 g/mol. The molecule has 1 aliphatic carbocycles. The molecule has 32 heavy (non-hydrogen) atoms. The molecule has 1 unspecified atom stereocenters. The quantitative estimate of drug-likeness (QED) is 0.524. The molecule has 1 aliphatic rings. The Balaban J connectivity index is 1.79. The van der Waals surface area contributed by atoms with Crippen LogP contribution in [0.5, 0.6) is 5.75 Å². The van der Waals surface area contributed by atoms with Crippen LogP contribution >= 0.6 is 23.2 Å². The van der Waals surface area contributed by atoms with Gasteiger partial charge in [0.05, 0.1) is 10.0 Å². The predicted molar refractivity (Wildman–Crippen MR) is 123 cm³/mol. The molecule has 1 atom stereocenters. The summed E-state index contributed by atoms with van der Waals surface area (Å²) in [5.41, 5.74) is 0.728. The van der Waals surface area contributed by atoms with E-state index in [1.54, 1.807) is 30.3 Å². The second-order valence-electron chi connectivity index (χ2n) is 7.90. The Morgan fingerprint density at radius 2 is 1.88 bits per heavy atom. The van der Waals surface area contributed by atoms with E-state index in [2.05, 4.69) is 5.32 Å². The molecule has 0 radical (unpaired) electrons. The van der Waals surface area contributed by atoms with Crippen molar-refractivity contribution >= 4 is 35.0 Å². The number of benzene rings is 2. The molecule has 0 spiro atoms. The van der Waals surface area contributed by atoms with Gasteiger partial charge in [-0.05, 0) is 49.1 Å². The predicted octanol–water partition coefficient (Wildman–Crippen LogP) is 5.38. The molecule has 3 rings (SSSR count). The molecule has 172 valence electrons. The van der Waals surface area contributed by atoms with Gasteiger partial charge in [0, 0.05) is 12.6 Å². The highest BCUT2D eigenvalue weighted by atomic mass is 35.5. The van der Waals surface area contributed by atoms with Crippen molar-refractivity contribution < 1.29 is 18.7 Å². The number of para-hydroxylation sites is 1. The first-order valence-corrected chi connectivity index (χ1v) is 11.6. The first-order chi connectivity index (χ1) is 15.4. The topological polar surface area (TPSA) is 58.6 Å². The number of nitrogens with zero attached hydrogens (tertiary/aromatic N) is 1. The van der Waals surface area contributed by atoms with Crippen LogP contribution < -0.4 is 10.1 Å². The van der Waals surface area contributed by atoms with E-state index in [1.165, 1.54) is 17.0 Å². The summed E-state index contributed by atoms with van der Waals surface area (Å²) in [6, 6.07) is 10.4. The summed E-state index contributed by atoms with van der Waals surface area (Å²) >= 11 is 12.2. The molecule has 1 fully saturated rings. The van der Waals surface area contributed by atoms with Crippen LogP contribution in [0, 0.1) is 5.82 Å². The first kappa shape index (κ1) is 24.3. The Kier molecular flexibility index (Phi) is 8.76. The summed E-state index contributed by atoms with van der Waals surface area (Å²) in [5, 5.41) is 3.84. The number of nitrogens with one attached hydrogen (secondary N) is 1. The van der Waals surface area contributed by atoms with Gasteiger partial charge in [-0.25, -0.2) is 4.39 Å². The minimum atomic E-state index is -0.693. The van der Waals surface area contributed by atoms with Crippen molar-refractivity contribution in [3.05, 3.63) is 63.9 Å². The van der Waals surface area contributed by atoms with Crippen LogP contribution in [-0.2, 0) is 16.1 Å². The second kappa shape index (κ2) is 11.5. The van der Waals surface area contributed by atoms with Crippen molar-refractivity contribution in [2.24, 2.45) is 0 Å². The van der Waals surface area contributed by atoms with Crippen LogP contribution in [0.4, 0.5) is 4.39 Å². The van der Waals surface area contributed by atoms with Gasteiger partial charge in [0.15, 0.2) is 18.2 Å². The Hall–Kier alpha value is -2.31. The lowest BCUT2D eigenvalue weighted by atomic mass is 10.1. The average molecular weight is 481 g/mol. The van der Waals surface area contributed by atoms with E-state index in [-0.39, 0.29) is 24.2 Å². The molecule has 8 heteroatoms. The zero-order valence-corrected chi connectivity index (χ0v) is 19.5. The van der Waals surface area contributed by atoms with Gasteiger partial charge in [-0.2, -0.15) is 0 Å². The zero-order valence-electron chi connectivity index (χ0n) is 18.0. The van der Waals surface area contributed by atoms with E-state index in [4.69, 9.17) is 27.9 Å². The largest absolute Gasteiger partial charge is 0.481 e.